The smallest absolute Gasteiger partial charge is 0.265 e. The number of fused-ring (bicyclic) bond motifs is 8. The molecule has 0 fully saturated rings. The Hall–Kier alpha value is -18.1. The van der Waals surface area contributed by atoms with Gasteiger partial charge < -0.3 is 24.3 Å². The molecular formula is C136H99BN5P. The molecule has 5 nitrogen and oxygen atoms in total. The van der Waals surface area contributed by atoms with Crippen LogP contribution >= 0.6 is 9.03 Å². The lowest BCUT2D eigenvalue weighted by Gasteiger charge is -2.34. The summed E-state index contributed by atoms with van der Waals surface area (Å²) in [6.07, 6.45) is 0. The Labute approximate surface area is 841 Å². The monoisotopic (exact) mass is 1840 g/mol. The van der Waals surface area contributed by atoms with E-state index in [0.717, 1.165) is 68.2 Å². The van der Waals surface area contributed by atoms with Crippen molar-refractivity contribution in [2.24, 2.45) is 4.66 Å². The molecule has 23 aromatic rings. The molecule has 0 spiro atoms. The van der Waals surface area contributed by atoms with Crippen LogP contribution in [0.4, 0.5) is 68.2 Å². The average molecular weight is 1850 g/mol. The van der Waals surface area contributed by atoms with Crippen molar-refractivity contribution in [2.75, 3.05) is 19.6 Å². The first-order valence-electron chi connectivity index (χ1n) is 48.7. The zero-order valence-electron chi connectivity index (χ0n) is 78.9. The normalized spacial score (nSPS) is 11.9. The molecule has 25 rings (SSSR count). The minimum absolute atomic E-state index is 0.386. The molecule has 0 saturated heterocycles. The number of benzene rings is 23. The van der Waals surface area contributed by atoms with Crippen LogP contribution in [-0.2, 0) is 10.8 Å². The molecule has 0 amide bonds. The van der Waals surface area contributed by atoms with E-state index in [1.807, 2.05) is 0 Å². The lowest BCUT2D eigenvalue weighted by molar-refractivity contribution is 0.768. The number of hydrogen-bond donors (Lipinski definition) is 0. The summed E-state index contributed by atoms with van der Waals surface area (Å²) in [4.78, 5) is 9.35. The molecule has 0 unspecified atom stereocenters. The molecule has 2 aliphatic carbocycles. The van der Waals surface area contributed by atoms with E-state index in [1.165, 1.54) is 133 Å². The maximum Gasteiger partial charge on any atom is 0.265 e. The van der Waals surface area contributed by atoms with Crippen molar-refractivity contribution in [3.63, 3.8) is 0 Å². The summed E-state index contributed by atoms with van der Waals surface area (Å²) >= 11 is 0. The van der Waals surface area contributed by atoms with Crippen LogP contribution in [0.25, 0.3) is 88.3 Å². The van der Waals surface area contributed by atoms with Gasteiger partial charge in [0.25, 0.3) is 7.98 Å². The fraction of sp³-hybridized carbons (Fsp3) is 0.0147. The van der Waals surface area contributed by atoms with E-state index >= 15 is 0 Å². The Bertz CT molecular complexity index is 8010. The molecule has 0 aromatic heterocycles. The summed E-state index contributed by atoms with van der Waals surface area (Å²) in [7, 11) is 6.97. The fourth-order valence-corrected chi connectivity index (χ4v) is 21.3. The highest BCUT2D eigenvalue weighted by Gasteiger charge is 2.48. The Morgan fingerprint density at radius 2 is 0.329 bits per heavy atom. The van der Waals surface area contributed by atoms with Crippen molar-refractivity contribution >= 4 is 107 Å². The van der Waals surface area contributed by atoms with Gasteiger partial charge in [0.2, 0.25) is 0 Å². The highest BCUT2D eigenvalue weighted by atomic mass is 31.0. The van der Waals surface area contributed by atoms with Crippen molar-refractivity contribution < 1.29 is 0 Å². The molecule has 23 aromatic carbocycles. The van der Waals surface area contributed by atoms with Crippen molar-refractivity contribution in [2.45, 2.75) is 10.8 Å². The first kappa shape index (κ1) is 90.1. The summed E-state index contributed by atoms with van der Waals surface area (Å²) in [5, 5.41) is 4.90. The van der Waals surface area contributed by atoms with E-state index in [2.05, 4.69) is 636 Å². The van der Waals surface area contributed by atoms with Crippen LogP contribution in [0.5, 0.6) is 0 Å². The minimum Gasteiger partial charge on any atom is -0.344 e. The predicted molar refractivity (Wildman–Crippen MR) is 606 cm³/mol. The molecule has 2 aliphatic rings. The third-order valence-electron chi connectivity index (χ3n) is 27.8. The summed E-state index contributed by atoms with van der Waals surface area (Å²) in [6, 6.07) is 214. The van der Waals surface area contributed by atoms with Crippen LogP contribution in [0.2, 0.25) is 0 Å². The molecule has 0 aliphatic heterocycles. The molecule has 0 N–H and O–H groups in total. The van der Waals surface area contributed by atoms with Gasteiger partial charge in [-0.3, -0.25) is 0 Å². The molecule has 7 heteroatoms. The Balaban J connectivity index is 0.000000121. The molecule has 0 atom stereocenters. The number of nitrogens with zero attached hydrogens (tertiary/aromatic N) is 5. The predicted octanol–water partition coefficient (Wildman–Crippen LogP) is 37.0. The van der Waals surface area contributed by atoms with Crippen LogP contribution in [0, 0.1) is 0 Å². The minimum atomic E-state index is -0.401. The van der Waals surface area contributed by atoms with E-state index in [-0.39, 0.29) is 5.41 Å². The summed E-state index contributed by atoms with van der Waals surface area (Å²) in [5.74, 6) is 0. The Morgan fingerprint density at radius 3 is 0.608 bits per heavy atom. The average Bonchev–Trinajstić information content (AvgIpc) is 1.54. The number of para-hydroxylation sites is 4. The second kappa shape index (κ2) is 41.3. The van der Waals surface area contributed by atoms with Gasteiger partial charge in [-0.15, -0.1) is 0 Å². The lowest BCUT2D eigenvalue weighted by Crippen LogP contribution is -2.28. The van der Waals surface area contributed by atoms with E-state index in [1.54, 1.807) is 0 Å². The van der Waals surface area contributed by atoms with Crippen LogP contribution in [0.15, 0.2) is 599 Å². The molecule has 2 radical (unpaired) electrons. The van der Waals surface area contributed by atoms with Gasteiger partial charge in [0, 0.05) is 67.6 Å². The third-order valence-corrected chi connectivity index (χ3v) is 27.8. The third kappa shape index (κ3) is 17.8. The SMILES string of the molecule is [B]N=P.c1ccc(-c2ccc(N(c3ccccc3)c3ccc(-c4ccc(C5(c6ccccc6)c6ccccc6-c6ccccc65)cc4)cc3)cc2)cc1.c1ccc(-c2ccc(N(c3ccccc3)c3ccc(C4(c5ccccc5)c5ccccc5-c5ccccc54)cc3)cc2)cc1.c1ccc(N(c2ccc(-c3ccc(N(c4ccccc4)c4cccc5ccccc45)cc3)cc2)c2cccc3ccccc23)cc1. The van der Waals surface area contributed by atoms with Gasteiger partial charge in [0.05, 0.1) is 22.2 Å². The summed E-state index contributed by atoms with van der Waals surface area (Å²) in [5.41, 5.74) is 38.0. The topological polar surface area (TPSA) is 25.3 Å². The summed E-state index contributed by atoms with van der Waals surface area (Å²) in [6.45, 7) is 0. The van der Waals surface area contributed by atoms with Gasteiger partial charge >= 0.3 is 0 Å². The fourth-order valence-electron chi connectivity index (χ4n) is 21.3. The molecule has 0 bridgehead atoms. The number of anilines is 12. The Kier molecular flexibility index (Phi) is 26.0. The van der Waals surface area contributed by atoms with Gasteiger partial charge in [-0.1, -0.05) is 461 Å². The van der Waals surface area contributed by atoms with E-state index in [9.17, 15) is 0 Å². The van der Waals surface area contributed by atoms with E-state index in [0.29, 0.717) is 0 Å². The molecule has 676 valence electrons. The highest BCUT2D eigenvalue weighted by Crippen LogP contribution is 2.59. The summed E-state index contributed by atoms with van der Waals surface area (Å²) < 4.78 is 2.81. The van der Waals surface area contributed by atoms with Crippen LogP contribution in [-0.4, -0.2) is 7.98 Å². The van der Waals surface area contributed by atoms with Crippen molar-refractivity contribution in [3.05, 3.63) is 639 Å². The zero-order chi connectivity index (χ0) is 96.1. The quantitative estimate of drug-likeness (QED) is 0.0561. The molecule has 0 heterocycles. The lowest BCUT2D eigenvalue weighted by atomic mass is 9.67. The van der Waals surface area contributed by atoms with Gasteiger partial charge in [0.1, 0.15) is 0 Å². The second-order valence-electron chi connectivity index (χ2n) is 35.8. The van der Waals surface area contributed by atoms with Crippen LogP contribution in [0.1, 0.15) is 44.5 Å². The maximum atomic E-state index is 4.39. The zero-order valence-corrected chi connectivity index (χ0v) is 79.9. The van der Waals surface area contributed by atoms with Crippen molar-refractivity contribution in [1.82, 2.24) is 0 Å². The number of rotatable bonds is 20. The molecule has 143 heavy (non-hydrogen) atoms. The van der Waals surface area contributed by atoms with E-state index in [4.69, 9.17) is 0 Å². The van der Waals surface area contributed by atoms with Gasteiger partial charge in [-0.2, -0.15) is 0 Å². The van der Waals surface area contributed by atoms with Crippen LogP contribution in [0.3, 0.4) is 0 Å². The largest absolute Gasteiger partial charge is 0.344 e. The van der Waals surface area contributed by atoms with Crippen molar-refractivity contribution in [1.29, 1.82) is 0 Å². The second-order valence-corrected chi connectivity index (χ2v) is 36.1. The molecular weight excluding hydrogens is 1750 g/mol. The molecule has 0 saturated carbocycles. The van der Waals surface area contributed by atoms with Gasteiger partial charge in [0.15, 0.2) is 0 Å². The standard InChI is InChI=1S/C49H35N.C44H32N2.C43H31N.BHNP/c1-4-14-36(15-5-1)38-26-32-43(33-27-38)50(42-18-8-3-9-19-42)44-34-28-39(29-35-44)37-24-30-41(31-25-37)49(40-16-6-2-7-17-40)47-22-12-10-20-45(47)46-21-11-13-23-48(46)49;1-3-17-37(18-4-1)45(43-23-11-15-35-13-7-9-21-41(35)43)39-29-25-33(26-30-39)34-27-31-40(32-28-34)46(38-19-5-2-6-20-38)44-24-12-16-36-14-8-10-22-42(36)44;1-4-14-32(15-5-1)33-24-28-37(29-25-33)44(36-18-8-3-9-19-36)38-30-26-35(27-31-38)43(34-16-6-2-7-17-34)41-22-12-10-20-39(41)40-21-11-13-23-42(40)43;1-2-3/h1-35H;1-32H;1-31H;3H. The maximum absolute atomic E-state index is 4.39. The first-order valence-corrected chi connectivity index (χ1v) is 49.1. The first-order chi connectivity index (χ1) is 70.9. The van der Waals surface area contributed by atoms with Gasteiger partial charge in [-0.05, 0) is 265 Å². The number of hydrogen-bond acceptors (Lipinski definition) is 5. The van der Waals surface area contributed by atoms with Crippen molar-refractivity contribution in [3.8, 4) is 66.8 Å². The van der Waals surface area contributed by atoms with Gasteiger partial charge in [-0.25, -0.2) is 0 Å². The van der Waals surface area contributed by atoms with Crippen LogP contribution < -0.4 is 19.6 Å². The highest BCUT2D eigenvalue weighted by molar-refractivity contribution is 7.05. The Morgan fingerprint density at radius 1 is 0.154 bits per heavy atom. The van der Waals surface area contributed by atoms with E-state index < -0.39 is 5.41 Å².